The Morgan fingerprint density at radius 1 is 1.30 bits per heavy atom. The SMILES string of the molecule is Cc1cccnc1-c1cc(N2CC(C(=O)N(C)[C@@H]3CS(=O)(=O)C[C@H]3O)C2)ncc1Cl. The van der Waals surface area contributed by atoms with Gasteiger partial charge >= 0.3 is 0 Å². The van der Waals surface area contributed by atoms with Gasteiger partial charge in [0.1, 0.15) is 5.82 Å². The first-order valence-corrected chi connectivity index (χ1v) is 11.8. The minimum atomic E-state index is -3.31. The fourth-order valence-electron chi connectivity index (χ4n) is 4.00. The van der Waals surface area contributed by atoms with Crippen LogP contribution >= 0.6 is 11.6 Å². The van der Waals surface area contributed by atoms with Crippen LogP contribution < -0.4 is 4.90 Å². The highest BCUT2D eigenvalue weighted by Gasteiger charge is 2.44. The molecule has 1 N–H and O–H groups in total. The fourth-order valence-corrected chi connectivity index (χ4v) is 6.04. The van der Waals surface area contributed by atoms with E-state index >= 15 is 0 Å². The first kappa shape index (κ1) is 21.0. The Balaban J connectivity index is 1.45. The molecule has 4 heterocycles. The molecule has 0 unspecified atom stereocenters. The number of likely N-dealkylation sites (N-methyl/N-ethyl adjacent to an activating group) is 1. The van der Waals surface area contributed by atoms with E-state index in [1.54, 1.807) is 19.4 Å². The Morgan fingerprint density at radius 2 is 2.03 bits per heavy atom. The number of aromatic nitrogens is 2. The molecule has 2 aliphatic heterocycles. The minimum Gasteiger partial charge on any atom is -0.390 e. The lowest BCUT2D eigenvalue weighted by Crippen LogP contribution is -2.57. The smallest absolute Gasteiger partial charge is 0.229 e. The van der Waals surface area contributed by atoms with E-state index in [1.165, 1.54) is 4.90 Å². The maximum atomic E-state index is 12.8. The summed E-state index contributed by atoms with van der Waals surface area (Å²) in [6.07, 6.45) is 2.26. The highest BCUT2D eigenvalue weighted by molar-refractivity contribution is 7.91. The van der Waals surface area contributed by atoms with Crippen LogP contribution in [0.15, 0.2) is 30.6 Å². The number of carbonyl (C=O) groups is 1. The Kier molecular flexibility index (Phi) is 5.46. The topological polar surface area (TPSA) is 104 Å². The molecular formula is C20H23ClN4O4S. The highest BCUT2D eigenvalue weighted by Crippen LogP contribution is 2.33. The molecule has 2 aromatic heterocycles. The molecule has 30 heavy (non-hydrogen) atoms. The van der Waals surface area contributed by atoms with Crippen LogP contribution in [-0.4, -0.2) is 78.1 Å². The van der Waals surface area contributed by atoms with Crippen molar-refractivity contribution in [2.45, 2.75) is 19.1 Å². The van der Waals surface area contributed by atoms with Gasteiger partial charge in [0, 0.05) is 38.1 Å². The number of sulfone groups is 1. The van der Waals surface area contributed by atoms with Crippen LogP contribution in [0.4, 0.5) is 5.82 Å². The molecule has 0 aromatic carbocycles. The first-order valence-electron chi connectivity index (χ1n) is 9.64. The van der Waals surface area contributed by atoms with E-state index in [1.807, 2.05) is 30.0 Å². The van der Waals surface area contributed by atoms with Gasteiger partial charge in [0.25, 0.3) is 0 Å². The van der Waals surface area contributed by atoms with Crippen molar-refractivity contribution in [1.82, 2.24) is 14.9 Å². The van der Waals surface area contributed by atoms with E-state index in [4.69, 9.17) is 11.6 Å². The maximum Gasteiger partial charge on any atom is 0.229 e. The molecule has 2 aliphatic rings. The third-order valence-electron chi connectivity index (χ3n) is 5.80. The second-order valence-electron chi connectivity index (χ2n) is 7.95. The minimum absolute atomic E-state index is 0.165. The van der Waals surface area contributed by atoms with Crippen LogP contribution in [-0.2, 0) is 14.6 Å². The number of nitrogens with zero attached hydrogens (tertiary/aromatic N) is 4. The van der Waals surface area contributed by atoms with Gasteiger partial charge in [0.15, 0.2) is 9.84 Å². The van der Waals surface area contributed by atoms with Crippen LogP contribution in [0, 0.1) is 12.8 Å². The number of halogens is 1. The lowest BCUT2D eigenvalue weighted by molar-refractivity contribution is -0.138. The quantitative estimate of drug-likeness (QED) is 0.745. The summed E-state index contributed by atoms with van der Waals surface area (Å²) in [5, 5.41) is 10.5. The van der Waals surface area contributed by atoms with Gasteiger partial charge in [-0.3, -0.25) is 9.78 Å². The Bertz CT molecular complexity index is 1090. The van der Waals surface area contributed by atoms with Crippen LogP contribution in [0.2, 0.25) is 5.02 Å². The molecule has 0 bridgehead atoms. The predicted octanol–water partition coefficient (Wildman–Crippen LogP) is 1.16. The van der Waals surface area contributed by atoms with Crippen molar-refractivity contribution in [3.63, 3.8) is 0 Å². The normalized spacial score (nSPS) is 23.3. The van der Waals surface area contributed by atoms with E-state index in [2.05, 4.69) is 9.97 Å². The summed E-state index contributed by atoms with van der Waals surface area (Å²) in [5.74, 6) is -0.228. The lowest BCUT2D eigenvalue weighted by atomic mass is 9.97. The summed E-state index contributed by atoms with van der Waals surface area (Å²) in [4.78, 5) is 24.9. The third-order valence-corrected chi connectivity index (χ3v) is 7.80. The Hall–Kier alpha value is -2.23. The van der Waals surface area contributed by atoms with Crippen molar-refractivity contribution in [3.8, 4) is 11.3 Å². The second-order valence-corrected chi connectivity index (χ2v) is 10.5. The van der Waals surface area contributed by atoms with Crippen molar-refractivity contribution < 1.29 is 18.3 Å². The molecular weight excluding hydrogens is 428 g/mol. The predicted molar refractivity (Wildman–Crippen MR) is 114 cm³/mol. The van der Waals surface area contributed by atoms with Gasteiger partial charge in [-0.25, -0.2) is 13.4 Å². The van der Waals surface area contributed by atoms with E-state index in [0.29, 0.717) is 23.9 Å². The van der Waals surface area contributed by atoms with Gasteiger partial charge in [-0.15, -0.1) is 0 Å². The van der Waals surface area contributed by atoms with E-state index < -0.39 is 22.0 Å². The summed E-state index contributed by atoms with van der Waals surface area (Å²) in [5.41, 5.74) is 2.57. The molecule has 10 heteroatoms. The molecule has 8 nitrogen and oxygen atoms in total. The third kappa shape index (κ3) is 3.89. The number of aryl methyl sites for hydroxylation is 1. The fraction of sp³-hybridized carbons (Fsp3) is 0.450. The highest BCUT2D eigenvalue weighted by atomic mass is 35.5. The zero-order valence-corrected chi connectivity index (χ0v) is 18.3. The molecule has 0 spiro atoms. The molecule has 0 saturated carbocycles. The first-order chi connectivity index (χ1) is 14.2. The van der Waals surface area contributed by atoms with E-state index in [0.717, 1.165) is 16.8 Å². The Labute approximate surface area is 180 Å². The van der Waals surface area contributed by atoms with Gasteiger partial charge in [0.05, 0.1) is 40.3 Å². The molecule has 0 radical (unpaired) electrons. The molecule has 0 aliphatic carbocycles. The standard InChI is InChI=1S/C20H23ClN4O4S/c1-12-4-3-5-22-19(12)14-6-18(23-7-15(14)21)25-8-13(9-25)20(27)24(2)16-10-30(28,29)11-17(16)26/h3-7,13,16-17,26H,8-11H2,1-2H3/t16-,17-/m1/s1. The van der Waals surface area contributed by atoms with Crippen molar-refractivity contribution in [1.29, 1.82) is 0 Å². The molecule has 2 fully saturated rings. The molecule has 4 rings (SSSR count). The molecule has 1 amide bonds. The summed E-state index contributed by atoms with van der Waals surface area (Å²) in [6, 6.07) is 5.01. The molecule has 2 aromatic rings. The summed E-state index contributed by atoms with van der Waals surface area (Å²) < 4.78 is 23.5. The van der Waals surface area contributed by atoms with E-state index in [9.17, 15) is 18.3 Å². The van der Waals surface area contributed by atoms with Gasteiger partial charge in [-0.05, 0) is 24.6 Å². The number of aliphatic hydroxyl groups excluding tert-OH is 1. The van der Waals surface area contributed by atoms with Crippen molar-refractivity contribution >= 4 is 33.2 Å². The van der Waals surface area contributed by atoms with Crippen LogP contribution in [0.1, 0.15) is 5.56 Å². The summed E-state index contributed by atoms with van der Waals surface area (Å²) in [6.45, 7) is 2.90. The molecule has 2 saturated heterocycles. The Morgan fingerprint density at radius 3 is 2.67 bits per heavy atom. The largest absolute Gasteiger partial charge is 0.390 e. The average molecular weight is 451 g/mol. The number of carbonyl (C=O) groups excluding carboxylic acids is 1. The number of anilines is 1. The zero-order chi connectivity index (χ0) is 21.6. The van der Waals surface area contributed by atoms with Crippen LogP contribution in [0.3, 0.4) is 0 Å². The monoisotopic (exact) mass is 450 g/mol. The van der Waals surface area contributed by atoms with Crippen molar-refractivity contribution in [2.75, 3.05) is 36.5 Å². The summed E-state index contributed by atoms with van der Waals surface area (Å²) in [7, 11) is -1.76. The van der Waals surface area contributed by atoms with Gasteiger partial charge in [0.2, 0.25) is 5.91 Å². The summed E-state index contributed by atoms with van der Waals surface area (Å²) >= 11 is 6.34. The molecule has 160 valence electrons. The maximum absolute atomic E-state index is 12.8. The van der Waals surface area contributed by atoms with Gasteiger partial charge < -0.3 is 14.9 Å². The number of aliphatic hydroxyl groups is 1. The van der Waals surface area contributed by atoms with Gasteiger partial charge in [-0.1, -0.05) is 17.7 Å². The number of hydrogen-bond donors (Lipinski definition) is 1. The average Bonchev–Trinajstić information content (AvgIpc) is 2.94. The van der Waals surface area contributed by atoms with Crippen LogP contribution in [0.5, 0.6) is 0 Å². The number of pyridine rings is 2. The van der Waals surface area contributed by atoms with Gasteiger partial charge in [-0.2, -0.15) is 0 Å². The number of hydrogen-bond acceptors (Lipinski definition) is 7. The van der Waals surface area contributed by atoms with Crippen molar-refractivity contribution in [2.24, 2.45) is 5.92 Å². The molecule has 2 atom stereocenters. The number of rotatable bonds is 4. The van der Waals surface area contributed by atoms with Crippen LogP contribution in [0.25, 0.3) is 11.3 Å². The van der Waals surface area contributed by atoms with Crippen molar-refractivity contribution in [3.05, 3.63) is 41.2 Å². The second kappa shape index (κ2) is 7.79. The zero-order valence-electron chi connectivity index (χ0n) is 16.7. The number of amides is 1. The lowest BCUT2D eigenvalue weighted by Gasteiger charge is -2.42. The van der Waals surface area contributed by atoms with E-state index in [-0.39, 0.29) is 23.3 Å².